The fourth-order valence-electron chi connectivity index (χ4n) is 3.01. The van der Waals surface area contributed by atoms with E-state index < -0.39 is 0 Å². The first-order chi connectivity index (χ1) is 10.2. The van der Waals surface area contributed by atoms with Gasteiger partial charge in [0.1, 0.15) is 0 Å². The monoisotopic (exact) mass is 292 g/mol. The second kappa shape index (κ2) is 8.13. The first kappa shape index (κ1) is 16.0. The predicted molar refractivity (Wildman–Crippen MR) is 87.2 cm³/mol. The number of methoxy groups -OCH3 is 2. The van der Waals surface area contributed by atoms with Gasteiger partial charge in [0.25, 0.3) is 0 Å². The number of likely N-dealkylation sites (tertiary alicyclic amines) is 1. The van der Waals surface area contributed by atoms with Gasteiger partial charge >= 0.3 is 0 Å². The van der Waals surface area contributed by atoms with Crippen LogP contribution in [-0.4, -0.2) is 38.8 Å². The summed E-state index contributed by atoms with van der Waals surface area (Å²) in [6, 6.07) is 3.87. The van der Waals surface area contributed by atoms with Crippen LogP contribution in [0.2, 0.25) is 0 Å². The molecule has 4 heteroatoms. The summed E-state index contributed by atoms with van der Waals surface area (Å²) in [7, 11) is 3.30. The number of nitrogen functional groups attached to an aromatic ring is 1. The number of benzene rings is 1. The fourth-order valence-corrected chi connectivity index (χ4v) is 3.01. The lowest BCUT2D eigenvalue weighted by Gasteiger charge is -2.20. The minimum Gasteiger partial charge on any atom is -0.493 e. The maximum absolute atomic E-state index is 6.12. The first-order valence-corrected chi connectivity index (χ1v) is 7.97. The zero-order valence-electron chi connectivity index (χ0n) is 13.4. The van der Waals surface area contributed by atoms with Crippen LogP contribution in [0.5, 0.6) is 11.5 Å². The Labute approximate surface area is 128 Å². The van der Waals surface area contributed by atoms with E-state index in [0.29, 0.717) is 5.75 Å². The Morgan fingerprint density at radius 2 is 1.62 bits per heavy atom. The second-order valence-corrected chi connectivity index (χ2v) is 5.77. The summed E-state index contributed by atoms with van der Waals surface area (Å²) in [5.41, 5.74) is 8.07. The van der Waals surface area contributed by atoms with Crippen LogP contribution in [0.15, 0.2) is 12.1 Å². The summed E-state index contributed by atoms with van der Waals surface area (Å²) < 4.78 is 10.6. The Bertz CT molecular complexity index is 441. The molecule has 0 aliphatic carbocycles. The Hall–Kier alpha value is -1.42. The van der Waals surface area contributed by atoms with Crippen molar-refractivity contribution in [1.29, 1.82) is 0 Å². The molecule has 0 aromatic heterocycles. The van der Waals surface area contributed by atoms with Crippen LogP contribution in [-0.2, 0) is 6.42 Å². The minimum atomic E-state index is 0.700. The third-order valence-corrected chi connectivity index (χ3v) is 4.26. The molecule has 0 bridgehead atoms. The first-order valence-electron chi connectivity index (χ1n) is 7.97. The van der Waals surface area contributed by atoms with Gasteiger partial charge in [0.05, 0.1) is 14.2 Å². The van der Waals surface area contributed by atoms with Gasteiger partial charge in [-0.2, -0.15) is 0 Å². The van der Waals surface area contributed by atoms with Gasteiger partial charge in [-0.1, -0.05) is 12.8 Å². The number of nitrogens with two attached hydrogens (primary N) is 1. The molecular formula is C17H28N2O2. The summed E-state index contributed by atoms with van der Waals surface area (Å²) in [6.07, 6.45) is 7.59. The van der Waals surface area contributed by atoms with Crippen LogP contribution in [0.1, 0.15) is 37.7 Å². The number of anilines is 1. The van der Waals surface area contributed by atoms with Crippen molar-refractivity contribution in [3.63, 3.8) is 0 Å². The van der Waals surface area contributed by atoms with Crippen molar-refractivity contribution >= 4 is 5.69 Å². The molecule has 1 aromatic rings. The van der Waals surface area contributed by atoms with E-state index in [1.54, 1.807) is 14.2 Å². The molecule has 1 aromatic carbocycles. The molecule has 0 amide bonds. The van der Waals surface area contributed by atoms with Crippen LogP contribution in [0.4, 0.5) is 5.69 Å². The standard InChI is InChI=1S/C17H28N2O2/c1-20-16-12-14(15(18)13-17(16)21-2)8-7-11-19-9-5-3-4-6-10-19/h12-13H,3-11,18H2,1-2H3. The van der Waals surface area contributed by atoms with E-state index in [4.69, 9.17) is 15.2 Å². The Morgan fingerprint density at radius 1 is 1.00 bits per heavy atom. The largest absolute Gasteiger partial charge is 0.493 e. The topological polar surface area (TPSA) is 47.7 Å². The van der Waals surface area contributed by atoms with Gasteiger partial charge in [-0.15, -0.1) is 0 Å². The fraction of sp³-hybridized carbons (Fsp3) is 0.647. The molecule has 1 heterocycles. The predicted octanol–water partition coefficient (Wildman–Crippen LogP) is 3.09. The molecule has 1 aliphatic rings. The second-order valence-electron chi connectivity index (χ2n) is 5.77. The molecular weight excluding hydrogens is 264 g/mol. The van der Waals surface area contributed by atoms with E-state index in [1.165, 1.54) is 38.8 Å². The lowest BCUT2D eigenvalue weighted by molar-refractivity contribution is 0.281. The highest BCUT2D eigenvalue weighted by Crippen LogP contribution is 2.32. The average Bonchev–Trinajstić information content (AvgIpc) is 2.77. The highest BCUT2D eigenvalue weighted by atomic mass is 16.5. The molecule has 0 atom stereocenters. The van der Waals surface area contributed by atoms with Gasteiger partial charge < -0.3 is 20.1 Å². The Morgan fingerprint density at radius 3 is 2.24 bits per heavy atom. The molecule has 0 spiro atoms. The van der Waals surface area contributed by atoms with E-state index in [2.05, 4.69) is 4.90 Å². The van der Waals surface area contributed by atoms with Crippen molar-refractivity contribution < 1.29 is 9.47 Å². The van der Waals surface area contributed by atoms with Gasteiger partial charge in [0.15, 0.2) is 11.5 Å². The highest BCUT2D eigenvalue weighted by Gasteiger charge is 2.11. The van der Waals surface area contributed by atoms with Crippen molar-refractivity contribution in [3.05, 3.63) is 17.7 Å². The Balaban J connectivity index is 1.90. The smallest absolute Gasteiger partial charge is 0.162 e. The van der Waals surface area contributed by atoms with Gasteiger partial charge in [0, 0.05) is 11.8 Å². The molecule has 0 unspecified atom stereocenters. The maximum atomic E-state index is 6.12. The third-order valence-electron chi connectivity index (χ3n) is 4.26. The van der Waals surface area contributed by atoms with E-state index in [0.717, 1.165) is 36.4 Å². The molecule has 0 saturated carbocycles. The lowest BCUT2D eigenvalue weighted by atomic mass is 10.1. The zero-order valence-corrected chi connectivity index (χ0v) is 13.4. The summed E-state index contributed by atoms with van der Waals surface area (Å²) in [5.74, 6) is 1.46. The number of aryl methyl sites for hydroxylation is 1. The van der Waals surface area contributed by atoms with E-state index in [-0.39, 0.29) is 0 Å². The molecule has 21 heavy (non-hydrogen) atoms. The molecule has 1 fully saturated rings. The van der Waals surface area contributed by atoms with Gasteiger partial charge in [-0.3, -0.25) is 0 Å². The van der Waals surface area contributed by atoms with Gasteiger partial charge in [0.2, 0.25) is 0 Å². The van der Waals surface area contributed by atoms with Crippen molar-refractivity contribution in [2.45, 2.75) is 38.5 Å². The number of hydrogen-bond acceptors (Lipinski definition) is 4. The quantitative estimate of drug-likeness (QED) is 0.819. The van der Waals surface area contributed by atoms with Crippen LogP contribution in [0, 0.1) is 0 Å². The Kier molecular flexibility index (Phi) is 6.18. The van der Waals surface area contributed by atoms with Crippen LogP contribution >= 0.6 is 0 Å². The minimum absolute atomic E-state index is 0.700. The van der Waals surface area contributed by atoms with Crippen molar-refractivity contribution in [2.24, 2.45) is 0 Å². The highest BCUT2D eigenvalue weighted by molar-refractivity contribution is 5.58. The van der Waals surface area contributed by atoms with Crippen LogP contribution < -0.4 is 15.2 Å². The zero-order chi connectivity index (χ0) is 15.1. The van der Waals surface area contributed by atoms with E-state index >= 15 is 0 Å². The number of ether oxygens (including phenoxy) is 2. The summed E-state index contributed by atoms with van der Waals surface area (Å²) in [6.45, 7) is 3.66. The maximum Gasteiger partial charge on any atom is 0.162 e. The SMILES string of the molecule is COc1cc(N)c(CCCN2CCCCCC2)cc1OC. The average molecular weight is 292 g/mol. The van der Waals surface area contributed by atoms with Gasteiger partial charge in [-0.25, -0.2) is 0 Å². The normalized spacial score (nSPS) is 16.5. The van der Waals surface area contributed by atoms with Gasteiger partial charge in [-0.05, 0) is 56.9 Å². The molecule has 2 rings (SSSR count). The molecule has 1 saturated heterocycles. The van der Waals surface area contributed by atoms with E-state index in [1.807, 2.05) is 12.1 Å². The molecule has 1 aliphatic heterocycles. The van der Waals surface area contributed by atoms with Crippen molar-refractivity contribution in [2.75, 3.05) is 39.6 Å². The third kappa shape index (κ3) is 4.53. The summed E-state index contributed by atoms with van der Waals surface area (Å²) >= 11 is 0. The van der Waals surface area contributed by atoms with Crippen LogP contribution in [0.25, 0.3) is 0 Å². The molecule has 2 N–H and O–H groups in total. The molecule has 118 valence electrons. The lowest BCUT2D eigenvalue weighted by Crippen LogP contribution is -2.26. The summed E-state index contributed by atoms with van der Waals surface area (Å²) in [4.78, 5) is 2.59. The number of nitrogens with zero attached hydrogens (tertiary/aromatic N) is 1. The number of hydrogen-bond donors (Lipinski definition) is 1. The summed E-state index contributed by atoms with van der Waals surface area (Å²) in [5, 5.41) is 0. The van der Waals surface area contributed by atoms with E-state index in [9.17, 15) is 0 Å². The van der Waals surface area contributed by atoms with Crippen molar-refractivity contribution in [3.8, 4) is 11.5 Å². The van der Waals surface area contributed by atoms with Crippen molar-refractivity contribution in [1.82, 2.24) is 4.90 Å². The number of rotatable bonds is 6. The molecule has 4 nitrogen and oxygen atoms in total. The van der Waals surface area contributed by atoms with Crippen LogP contribution in [0.3, 0.4) is 0 Å². The molecule has 0 radical (unpaired) electrons.